The van der Waals surface area contributed by atoms with Crippen molar-refractivity contribution >= 4 is 22.7 Å². The Morgan fingerprint density at radius 1 is 1.05 bits per heavy atom. The molecular weight excluding hydrogens is 291 g/mol. The fourth-order valence-electron chi connectivity index (χ4n) is 1.84. The van der Waals surface area contributed by atoms with Gasteiger partial charge in [0.25, 0.3) is 0 Å². The molecule has 5 heteroatoms. The number of nitrogens with one attached hydrogen (secondary N) is 1. The van der Waals surface area contributed by atoms with E-state index in [4.69, 9.17) is 0 Å². The summed E-state index contributed by atoms with van der Waals surface area (Å²) in [5.74, 6) is -0.200. The van der Waals surface area contributed by atoms with E-state index in [0.717, 1.165) is 17.1 Å². The average Bonchev–Trinajstić information content (AvgIpc) is 3.11. The van der Waals surface area contributed by atoms with Crippen LogP contribution in [0.1, 0.15) is 10.6 Å². The average molecular weight is 304 g/mol. The third kappa shape index (κ3) is 3.30. The van der Waals surface area contributed by atoms with E-state index >= 15 is 0 Å². The summed E-state index contributed by atoms with van der Waals surface area (Å²) in [7, 11) is 0. The number of hydrogen-bond donors (Lipinski definition) is 1. The highest BCUT2D eigenvalue weighted by Gasteiger charge is 2.05. The minimum Gasteiger partial charge on any atom is -0.306 e. The summed E-state index contributed by atoms with van der Waals surface area (Å²) >= 11 is 3.43. The number of nitrogens with zero attached hydrogens (tertiary/aromatic N) is 1. The number of rotatable bonds is 5. The van der Waals surface area contributed by atoms with Crippen LogP contribution < -0.4 is 5.32 Å². The zero-order valence-electron chi connectivity index (χ0n) is 10.7. The molecule has 102 valence electrons. The van der Waals surface area contributed by atoms with Crippen LogP contribution in [-0.2, 0) is 13.1 Å². The Bertz CT molecular complexity index is 660. The summed E-state index contributed by atoms with van der Waals surface area (Å²) in [5.41, 5.74) is 1.07. The number of thiazole rings is 1. The van der Waals surface area contributed by atoms with E-state index < -0.39 is 0 Å². The molecule has 1 N–H and O–H groups in total. The van der Waals surface area contributed by atoms with Crippen molar-refractivity contribution in [3.05, 3.63) is 64.4 Å². The Balaban J connectivity index is 1.55. The van der Waals surface area contributed by atoms with E-state index in [1.54, 1.807) is 34.8 Å². The molecule has 0 radical (unpaired) electrons. The third-order valence-corrected chi connectivity index (χ3v) is 4.90. The third-order valence-electron chi connectivity index (χ3n) is 2.84. The molecule has 0 atom stereocenters. The fraction of sp³-hybridized carbons (Fsp3) is 0.133. The molecule has 3 rings (SSSR count). The molecule has 0 amide bonds. The van der Waals surface area contributed by atoms with Gasteiger partial charge in [-0.15, -0.1) is 22.7 Å². The predicted octanol–water partition coefficient (Wildman–Crippen LogP) is 4.30. The van der Waals surface area contributed by atoms with Crippen molar-refractivity contribution in [2.75, 3.05) is 0 Å². The molecule has 0 aliphatic carbocycles. The highest BCUT2D eigenvalue weighted by Crippen LogP contribution is 2.29. The van der Waals surface area contributed by atoms with Gasteiger partial charge in [-0.1, -0.05) is 18.2 Å². The Morgan fingerprint density at radius 3 is 2.65 bits per heavy atom. The van der Waals surface area contributed by atoms with Crippen molar-refractivity contribution in [3.63, 3.8) is 0 Å². The van der Waals surface area contributed by atoms with Crippen LogP contribution >= 0.6 is 22.7 Å². The van der Waals surface area contributed by atoms with Gasteiger partial charge in [0.2, 0.25) is 0 Å². The monoisotopic (exact) mass is 304 g/mol. The molecule has 0 bridgehead atoms. The topological polar surface area (TPSA) is 24.9 Å². The van der Waals surface area contributed by atoms with E-state index in [0.29, 0.717) is 6.54 Å². The maximum Gasteiger partial charge on any atom is 0.123 e. The van der Waals surface area contributed by atoms with Crippen LogP contribution in [-0.4, -0.2) is 4.98 Å². The summed E-state index contributed by atoms with van der Waals surface area (Å²) in [5, 5.41) is 6.46. The second kappa shape index (κ2) is 6.26. The number of hydrogen-bond acceptors (Lipinski definition) is 4. The molecule has 20 heavy (non-hydrogen) atoms. The van der Waals surface area contributed by atoms with E-state index in [2.05, 4.69) is 21.7 Å². The van der Waals surface area contributed by atoms with Crippen LogP contribution in [0.3, 0.4) is 0 Å². The van der Waals surface area contributed by atoms with Crippen LogP contribution in [0.25, 0.3) is 9.75 Å². The molecule has 2 heterocycles. The maximum absolute atomic E-state index is 12.8. The number of benzene rings is 1. The predicted molar refractivity (Wildman–Crippen MR) is 82.4 cm³/mol. The smallest absolute Gasteiger partial charge is 0.123 e. The van der Waals surface area contributed by atoms with Gasteiger partial charge in [-0.3, -0.25) is 0 Å². The summed E-state index contributed by atoms with van der Waals surface area (Å²) in [6, 6.07) is 10.7. The van der Waals surface area contributed by atoms with Crippen molar-refractivity contribution < 1.29 is 4.39 Å². The van der Waals surface area contributed by atoms with Gasteiger partial charge in [0, 0.05) is 24.2 Å². The van der Waals surface area contributed by atoms with E-state index in [1.165, 1.54) is 21.9 Å². The van der Waals surface area contributed by atoms with Gasteiger partial charge in [0.1, 0.15) is 10.8 Å². The molecule has 0 aliphatic heterocycles. The van der Waals surface area contributed by atoms with Crippen LogP contribution in [0, 0.1) is 5.82 Å². The van der Waals surface area contributed by atoms with Gasteiger partial charge < -0.3 is 5.32 Å². The quantitative estimate of drug-likeness (QED) is 0.760. The molecule has 2 aromatic heterocycles. The second-order valence-corrected chi connectivity index (χ2v) is 6.39. The Kier molecular flexibility index (Phi) is 4.20. The van der Waals surface area contributed by atoms with Gasteiger partial charge >= 0.3 is 0 Å². The lowest BCUT2D eigenvalue weighted by atomic mass is 10.2. The first-order valence-corrected chi connectivity index (χ1v) is 7.94. The molecule has 1 aromatic carbocycles. The molecule has 0 unspecified atom stereocenters. The molecule has 3 aromatic rings. The number of thiophene rings is 1. The normalized spacial score (nSPS) is 10.8. The fourth-order valence-corrected chi connectivity index (χ4v) is 3.55. The summed E-state index contributed by atoms with van der Waals surface area (Å²) in [6.45, 7) is 1.45. The minimum atomic E-state index is -0.200. The van der Waals surface area contributed by atoms with Crippen LogP contribution in [0.2, 0.25) is 0 Å². The SMILES string of the molecule is Fc1ccc(CNCc2ncc(-c3cccs3)s2)cc1. The lowest BCUT2D eigenvalue weighted by molar-refractivity contribution is 0.625. The summed E-state index contributed by atoms with van der Waals surface area (Å²) in [6.07, 6.45) is 1.92. The number of halogens is 1. The first kappa shape index (κ1) is 13.4. The highest BCUT2D eigenvalue weighted by molar-refractivity contribution is 7.21. The molecule has 2 nitrogen and oxygen atoms in total. The van der Waals surface area contributed by atoms with Crippen molar-refractivity contribution in [1.82, 2.24) is 10.3 Å². The summed E-state index contributed by atoms with van der Waals surface area (Å²) in [4.78, 5) is 6.88. The molecule has 0 saturated carbocycles. The molecule has 0 spiro atoms. The van der Waals surface area contributed by atoms with Gasteiger partial charge in [0.15, 0.2) is 0 Å². The number of aromatic nitrogens is 1. The summed E-state index contributed by atoms with van der Waals surface area (Å²) < 4.78 is 12.8. The van der Waals surface area contributed by atoms with Crippen LogP contribution in [0.5, 0.6) is 0 Å². The minimum absolute atomic E-state index is 0.200. The Hall–Kier alpha value is -1.56. The van der Waals surface area contributed by atoms with Crippen molar-refractivity contribution in [3.8, 4) is 9.75 Å². The zero-order chi connectivity index (χ0) is 13.8. The standard InChI is InChI=1S/C15H13FN2S2/c16-12-5-3-11(4-6-12)8-17-10-15-18-9-14(20-15)13-2-1-7-19-13/h1-7,9,17H,8,10H2. The van der Waals surface area contributed by atoms with Crippen LogP contribution in [0.4, 0.5) is 4.39 Å². The first-order valence-electron chi connectivity index (χ1n) is 6.25. The maximum atomic E-state index is 12.8. The Morgan fingerprint density at radius 2 is 1.90 bits per heavy atom. The Labute approximate surface area is 124 Å². The van der Waals surface area contributed by atoms with Crippen molar-refractivity contribution in [2.45, 2.75) is 13.1 Å². The van der Waals surface area contributed by atoms with E-state index in [1.807, 2.05) is 12.3 Å². The lowest BCUT2D eigenvalue weighted by Crippen LogP contribution is -2.12. The van der Waals surface area contributed by atoms with Crippen LogP contribution in [0.15, 0.2) is 48.0 Å². The van der Waals surface area contributed by atoms with Gasteiger partial charge in [-0.25, -0.2) is 9.37 Å². The van der Waals surface area contributed by atoms with Gasteiger partial charge in [-0.05, 0) is 29.1 Å². The lowest BCUT2D eigenvalue weighted by Gasteiger charge is -2.02. The molecule has 0 aliphatic rings. The van der Waals surface area contributed by atoms with Crippen molar-refractivity contribution in [1.29, 1.82) is 0 Å². The molecule has 0 saturated heterocycles. The highest BCUT2D eigenvalue weighted by atomic mass is 32.1. The molecule has 0 fully saturated rings. The van der Waals surface area contributed by atoms with Crippen molar-refractivity contribution in [2.24, 2.45) is 0 Å². The van der Waals surface area contributed by atoms with Gasteiger partial charge in [-0.2, -0.15) is 0 Å². The van der Waals surface area contributed by atoms with E-state index in [9.17, 15) is 4.39 Å². The zero-order valence-corrected chi connectivity index (χ0v) is 12.3. The van der Waals surface area contributed by atoms with Gasteiger partial charge in [0.05, 0.1) is 4.88 Å². The second-order valence-electron chi connectivity index (χ2n) is 4.33. The largest absolute Gasteiger partial charge is 0.306 e. The molecular formula is C15H13FN2S2. The first-order chi connectivity index (χ1) is 9.81. The van der Waals surface area contributed by atoms with E-state index in [-0.39, 0.29) is 5.82 Å².